The van der Waals surface area contributed by atoms with Gasteiger partial charge in [-0.3, -0.25) is 9.59 Å². The van der Waals surface area contributed by atoms with Gasteiger partial charge in [-0.25, -0.2) is 4.79 Å². The Morgan fingerprint density at radius 1 is 0.767 bits per heavy atom. The predicted molar refractivity (Wildman–Crippen MR) is 309 cm³/mol. The van der Waals surface area contributed by atoms with Crippen LogP contribution in [0, 0.1) is 17.8 Å². The minimum Gasteiger partial charge on any atom is -0.497 e. The summed E-state index contributed by atoms with van der Waals surface area (Å²) in [5, 5.41) is 0.855. The fraction of sp³-hybridized carbons (Fsp3) is 0.707. The van der Waals surface area contributed by atoms with Crippen LogP contribution in [0.4, 0.5) is 4.79 Å². The first-order valence-electron chi connectivity index (χ1n) is 27.8. The van der Waals surface area contributed by atoms with Crippen molar-refractivity contribution in [2.45, 2.75) is 207 Å². The molecule has 0 spiro atoms. The largest absolute Gasteiger partial charge is 0.497 e. The topological polar surface area (TPSA) is 122 Å². The van der Waals surface area contributed by atoms with E-state index in [4.69, 9.17) is 32.5 Å². The quantitative estimate of drug-likeness (QED) is 0.0159. The second-order valence-electron chi connectivity index (χ2n) is 20.4. The average Bonchev–Trinajstić information content (AvgIpc) is 4.20. The summed E-state index contributed by atoms with van der Waals surface area (Å²) < 4.78 is 46.3. The van der Waals surface area contributed by atoms with Crippen molar-refractivity contribution in [1.82, 2.24) is 4.90 Å². The lowest BCUT2D eigenvalue weighted by Gasteiger charge is -2.39. The number of rotatable bonds is 39. The number of hydrogen-bond acceptors (Lipinski definition) is 11. The molecule has 0 saturated carbocycles. The number of nitrogens with zero attached hydrogens (tertiary/aromatic N) is 1. The van der Waals surface area contributed by atoms with Gasteiger partial charge in [0, 0.05) is 49.4 Å². The molecule has 1 heterocycles. The van der Waals surface area contributed by atoms with E-state index in [2.05, 4.69) is 84.3 Å². The van der Waals surface area contributed by atoms with Gasteiger partial charge in [0.05, 0.1) is 44.6 Å². The monoisotopic (exact) mass is 1130 g/mol. The fourth-order valence-corrected chi connectivity index (χ4v) is 16.7. The zero-order valence-corrected chi connectivity index (χ0v) is 51.5. The third kappa shape index (κ3) is 22.2. The third-order valence-corrected chi connectivity index (χ3v) is 26.6. The lowest BCUT2D eigenvalue weighted by molar-refractivity contribution is -0.153. The maximum absolute atomic E-state index is 14.3. The molecule has 1 aliphatic heterocycles. The number of hydrogen-bond donors (Lipinski definition) is 0. The van der Waals surface area contributed by atoms with E-state index in [0.717, 1.165) is 77.3 Å². The van der Waals surface area contributed by atoms with Gasteiger partial charge < -0.3 is 37.4 Å². The maximum atomic E-state index is 14.3. The zero-order chi connectivity index (χ0) is 53.8. The molecule has 11 nitrogen and oxygen atoms in total. The Hall–Kier alpha value is -2.51. The van der Waals surface area contributed by atoms with Crippen molar-refractivity contribution in [3.05, 3.63) is 77.4 Å². The molecule has 1 aliphatic rings. The molecular formula is C58H96BrNO10SSi2. The van der Waals surface area contributed by atoms with Crippen molar-refractivity contribution in [2.75, 3.05) is 38.4 Å². The first-order valence-corrected chi connectivity index (χ1v) is 35.0. The van der Waals surface area contributed by atoms with E-state index >= 15 is 0 Å². The SMILES string of the molecule is CCCCCCCCSC(=O)C(C)C(O[Si](CC)(CC)CC)C1OC1C(COCc1ccc(OC)cc1)C(CC(OC(=O)CCCN(C)C(=O)OCc1ccccc1)C(C)/C=C(\C)CBr)O[Si](CC)(CC)CC. The smallest absolute Gasteiger partial charge is 0.409 e. The molecule has 3 rings (SSSR count). The van der Waals surface area contributed by atoms with Crippen LogP contribution in [0.15, 0.2) is 66.2 Å². The summed E-state index contributed by atoms with van der Waals surface area (Å²) in [6.07, 6.45) is 7.79. The van der Waals surface area contributed by atoms with Crippen LogP contribution in [0.5, 0.6) is 5.75 Å². The summed E-state index contributed by atoms with van der Waals surface area (Å²) >= 11 is 5.10. The summed E-state index contributed by atoms with van der Waals surface area (Å²) in [4.78, 5) is 42.7. The normalized spacial score (nSPS) is 17.5. The number of methoxy groups -OCH3 is 1. The van der Waals surface area contributed by atoms with Gasteiger partial charge in [0.1, 0.15) is 24.6 Å². The average molecular weight is 1140 g/mol. The van der Waals surface area contributed by atoms with Crippen LogP contribution in [0.2, 0.25) is 36.3 Å². The van der Waals surface area contributed by atoms with E-state index in [1.807, 2.05) is 61.5 Å². The Kier molecular flexibility index (Phi) is 31.1. The molecule has 1 saturated heterocycles. The molecule has 0 N–H and O–H groups in total. The minimum absolute atomic E-state index is 0.131. The number of epoxide rings is 1. The van der Waals surface area contributed by atoms with Crippen LogP contribution >= 0.6 is 27.7 Å². The van der Waals surface area contributed by atoms with Crippen LogP contribution < -0.4 is 4.74 Å². The van der Waals surface area contributed by atoms with E-state index < -0.39 is 41.0 Å². The number of amides is 1. The summed E-state index contributed by atoms with van der Waals surface area (Å²) in [6.45, 7) is 23.1. The molecule has 1 amide bonds. The lowest BCUT2D eigenvalue weighted by Crippen LogP contribution is -2.49. The Bertz CT molecular complexity index is 1870. The van der Waals surface area contributed by atoms with E-state index in [9.17, 15) is 14.4 Å². The summed E-state index contributed by atoms with van der Waals surface area (Å²) in [5.74, 6) is 0.469. The number of carbonyl (C=O) groups is 3. The highest BCUT2D eigenvalue weighted by Gasteiger charge is 2.57. The zero-order valence-electron chi connectivity index (χ0n) is 47.1. The van der Waals surface area contributed by atoms with Gasteiger partial charge in [-0.05, 0) is 79.3 Å². The van der Waals surface area contributed by atoms with Gasteiger partial charge in [-0.1, -0.05) is 176 Å². The molecule has 73 heavy (non-hydrogen) atoms. The van der Waals surface area contributed by atoms with Crippen LogP contribution in [-0.2, 0) is 50.6 Å². The predicted octanol–water partition coefficient (Wildman–Crippen LogP) is 15.0. The minimum atomic E-state index is -2.32. The van der Waals surface area contributed by atoms with E-state index in [1.165, 1.54) is 42.3 Å². The molecule has 8 atom stereocenters. The molecule has 414 valence electrons. The van der Waals surface area contributed by atoms with Crippen LogP contribution in [0.25, 0.3) is 0 Å². The first kappa shape index (κ1) is 64.8. The summed E-state index contributed by atoms with van der Waals surface area (Å²) in [6, 6.07) is 23.2. The summed E-state index contributed by atoms with van der Waals surface area (Å²) in [5.41, 5.74) is 3.06. The van der Waals surface area contributed by atoms with Crippen LogP contribution in [0.1, 0.15) is 138 Å². The van der Waals surface area contributed by atoms with Crippen molar-refractivity contribution in [3.63, 3.8) is 0 Å². The number of unbranched alkanes of at least 4 members (excludes halogenated alkanes) is 5. The van der Waals surface area contributed by atoms with Crippen LogP contribution in [0.3, 0.4) is 0 Å². The van der Waals surface area contributed by atoms with E-state index in [1.54, 1.807) is 14.2 Å². The van der Waals surface area contributed by atoms with Crippen molar-refractivity contribution < 1.29 is 46.9 Å². The van der Waals surface area contributed by atoms with Gasteiger partial charge in [-0.15, -0.1) is 0 Å². The number of allylic oxidation sites excluding steroid dienone is 1. The third-order valence-electron chi connectivity index (χ3n) is 15.3. The Morgan fingerprint density at radius 3 is 1.97 bits per heavy atom. The molecule has 15 heteroatoms. The number of ether oxygens (including phenoxy) is 5. The van der Waals surface area contributed by atoms with Gasteiger partial charge >= 0.3 is 12.1 Å². The number of carbonyl (C=O) groups excluding carboxylic acids is 3. The second kappa shape index (κ2) is 35.0. The number of alkyl halides is 1. The van der Waals surface area contributed by atoms with Crippen molar-refractivity contribution in [3.8, 4) is 5.75 Å². The Labute approximate surface area is 457 Å². The van der Waals surface area contributed by atoms with Crippen molar-refractivity contribution in [1.29, 1.82) is 0 Å². The highest BCUT2D eigenvalue weighted by Crippen LogP contribution is 2.44. The highest BCUT2D eigenvalue weighted by molar-refractivity contribution is 9.09. The number of esters is 1. The molecule has 0 bridgehead atoms. The van der Waals surface area contributed by atoms with Gasteiger partial charge in [-0.2, -0.15) is 0 Å². The highest BCUT2D eigenvalue weighted by atomic mass is 79.9. The molecule has 2 aromatic carbocycles. The number of benzene rings is 2. The summed E-state index contributed by atoms with van der Waals surface area (Å²) in [7, 11) is -1.19. The van der Waals surface area contributed by atoms with Gasteiger partial charge in [0.15, 0.2) is 21.8 Å². The fourth-order valence-electron chi connectivity index (χ4n) is 9.70. The number of halogens is 1. The molecular weight excluding hydrogens is 1040 g/mol. The second-order valence-corrected chi connectivity index (χ2v) is 31.5. The van der Waals surface area contributed by atoms with Crippen molar-refractivity contribution >= 4 is 61.5 Å². The van der Waals surface area contributed by atoms with Gasteiger partial charge in [0.2, 0.25) is 0 Å². The Morgan fingerprint density at radius 2 is 1.37 bits per heavy atom. The molecule has 2 aromatic rings. The standard InChI is InChI=1S/C58H96BrNO10SSi2/c1-13-20-21-22-23-27-37-71-57(62)46(10)54(70-73(17-5,18-6)19-7)56-55(68-56)50(43-65-41-48-32-34-49(64-12)35-33-48)52(69-72(14-2,15-3)16-4)39-51(45(9)38-44(8)40-59)67-53(61)31-28-36-60(11)58(63)66-42-47-29-25-24-26-30-47/h24-26,29-30,32-35,38,45-46,50-52,54-56H,13-23,27-28,31,36-37,39-43H2,1-12H3/b44-38+. The molecule has 8 unspecified atom stereocenters. The molecule has 0 aliphatic carbocycles. The molecule has 0 radical (unpaired) electrons. The number of thioether (sulfide) groups is 1. The van der Waals surface area contributed by atoms with E-state index in [-0.39, 0.29) is 54.1 Å². The van der Waals surface area contributed by atoms with E-state index in [0.29, 0.717) is 37.9 Å². The van der Waals surface area contributed by atoms with Gasteiger partial charge in [0.25, 0.3) is 0 Å². The van der Waals surface area contributed by atoms with Crippen LogP contribution in [-0.4, -0.2) is 108 Å². The maximum Gasteiger partial charge on any atom is 0.409 e. The lowest BCUT2D eigenvalue weighted by atomic mass is 9.87. The molecule has 1 fully saturated rings. The first-order chi connectivity index (χ1) is 35.1. The molecule has 0 aromatic heterocycles. The Balaban J connectivity index is 2.03. The van der Waals surface area contributed by atoms with Crippen molar-refractivity contribution in [2.24, 2.45) is 17.8 Å².